The van der Waals surface area contributed by atoms with Crippen molar-refractivity contribution in [3.8, 4) is 10.6 Å². The molecule has 2 rings (SSSR count). The van der Waals surface area contributed by atoms with Gasteiger partial charge < -0.3 is 5.73 Å². The van der Waals surface area contributed by atoms with Crippen molar-refractivity contribution in [1.29, 1.82) is 5.41 Å². The number of nitrogens with one attached hydrogen (secondary N) is 1. The molecule has 3 N–H and O–H groups in total. The van der Waals surface area contributed by atoms with Crippen LogP contribution >= 0.6 is 22.9 Å². The molecule has 0 aliphatic heterocycles. The highest BCUT2D eigenvalue weighted by Gasteiger charge is 2.15. The third kappa shape index (κ3) is 2.54. The second-order valence-corrected chi connectivity index (χ2v) is 5.34. The molecule has 0 saturated heterocycles. The molecule has 3 nitrogen and oxygen atoms in total. The number of hydrogen-bond donors (Lipinski definition) is 2. The van der Waals surface area contributed by atoms with Crippen molar-refractivity contribution in [2.24, 2.45) is 5.73 Å². The number of hydrogen-bond acceptors (Lipinski definition) is 3. The molecule has 0 fully saturated rings. The average Bonchev–Trinajstić information content (AvgIpc) is 2.74. The monoisotopic (exact) mass is 279 g/mol. The molecule has 5 heteroatoms. The van der Waals surface area contributed by atoms with Crippen molar-refractivity contribution in [1.82, 2.24) is 4.98 Å². The Morgan fingerprint density at radius 1 is 1.44 bits per heavy atom. The molecule has 1 heterocycles. The zero-order chi connectivity index (χ0) is 13.1. The highest BCUT2D eigenvalue weighted by Crippen LogP contribution is 2.33. The molecule has 18 heavy (non-hydrogen) atoms. The van der Waals surface area contributed by atoms with Gasteiger partial charge in [0.25, 0.3) is 0 Å². The predicted molar refractivity (Wildman–Crippen MR) is 77.6 cm³/mol. The first-order valence-electron chi connectivity index (χ1n) is 5.72. The SMILES string of the molecule is CCCc1nc(-c2ccccc2Cl)sc1C(=N)N. The Labute approximate surface area is 115 Å². The summed E-state index contributed by atoms with van der Waals surface area (Å²) in [6.45, 7) is 2.08. The van der Waals surface area contributed by atoms with Crippen molar-refractivity contribution < 1.29 is 0 Å². The molecule has 94 valence electrons. The van der Waals surface area contributed by atoms with Crippen LogP contribution in [0.2, 0.25) is 5.02 Å². The van der Waals surface area contributed by atoms with Crippen molar-refractivity contribution in [2.75, 3.05) is 0 Å². The summed E-state index contributed by atoms with van der Waals surface area (Å²) < 4.78 is 0. The summed E-state index contributed by atoms with van der Waals surface area (Å²) in [5.74, 6) is 0.0780. The van der Waals surface area contributed by atoms with Crippen LogP contribution in [0.15, 0.2) is 24.3 Å². The number of benzene rings is 1. The van der Waals surface area contributed by atoms with Gasteiger partial charge in [0.1, 0.15) is 10.8 Å². The van der Waals surface area contributed by atoms with Crippen LogP contribution in [-0.2, 0) is 6.42 Å². The molecule has 1 aromatic heterocycles. The summed E-state index contributed by atoms with van der Waals surface area (Å²) in [7, 11) is 0. The molecule has 0 amide bonds. The standard InChI is InChI=1S/C13H14ClN3S/c1-2-5-10-11(12(15)16)18-13(17-10)8-6-3-4-7-9(8)14/h3-4,6-7H,2,5H2,1H3,(H3,15,16). The van der Waals surface area contributed by atoms with E-state index in [1.807, 2.05) is 24.3 Å². The lowest BCUT2D eigenvalue weighted by atomic mass is 10.2. The summed E-state index contributed by atoms with van der Waals surface area (Å²) in [6.07, 6.45) is 1.81. The van der Waals surface area contributed by atoms with E-state index in [9.17, 15) is 0 Å². The Morgan fingerprint density at radius 2 is 2.17 bits per heavy atom. The van der Waals surface area contributed by atoms with Gasteiger partial charge >= 0.3 is 0 Å². The number of nitrogen functional groups attached to an aromatic ring is 1. The highest BCUT2D eigenvalue weighted by molar-refractivity contribution is 7.17. The molecule has 0 aliphatic rings. The normalized spacial score (nSPS) is 10.6. The van der Waals surface area contributed by atoms with Crippen LogP contribution in [0, 0.1) is 5.41 Å². The fourth-order valence-electron chi connectivity index (χ4n) is 1.72. The van der Waals surface area contributed by atoms with Gasteiger partial charge in [0.05, 0.1) is 15.6 Å². The Hall–Kier alpha value is -1.39. The quantitative estimate of drug-likeness (QED) is 0.662. The summed E-state index contributed by atoms with van der Waals surface area (Å²) in [6, 6.07) is 7.58. The number of rotatable bonds is 4. The highest BCUT2D eigenvalue weighted by atomic mass is 35.5. The van der Waals surface area contributed by atoms with Crippen LogP contribution in [0.25, 0.3) is 10.6 Å². The Bertz CT molecular complexity index is 577. The number of nitrogens with zero attached hydrogens (tertiary/aromatic N) is 1. The summed E-state index contributed by atoms with van der Waals surface area (Å²) >= 11 is 7.59. The van der Waals surface area contributed by atoms with Crippen LogP contribution in [0.5, 0.6) is 0 Å². The predicted octanol–water partition coefficient (Wildman–Crippen LogP) is 3.70. The Morgan fingerprint density at radius 3 is 2.78 bits per heavy atom. The van der Waals surface area contributed by atoms with E-state index in [1.54, 1.807) is 0 Å². The van der Waals surface area contributed by atoms with Crippen molar-refractivity contribution in [3.05, 3.63) is 39.9 Å². The molecule has 0 spiro atoms. The van der Waals surface area contributed by atoms with Gasteiger partial charge in [0, 0.05) is 5.56 Å². The number of thiazole rings is 1. The van der Waals surface area contributed by atoms with Gasteiger partial charge in [-0.1, -0.05) is 43.1 Å². The first-order valence-corrected chi connectivity index (χ1v) is 6.92. The molecular formula is C13H14ClN3S. The van der Waals surface area contributed by atoms with Crippen molar-refractivity contribution in [2.45, 2.75) is 19.8 Å². The van der Waals surface area contributed by atoms with Gasteiger partial charge in [0.2, 0.25) is 0 Å². The maximum Gasteiger partial charge on any atom is 0.135 e. The van der Waals surface area contributed by atoms with Crippen LogP contribution in [0.4, 0.5) is 0 Å². The van der Waals surface area contributed by atoms with Crippen LogP contribution < -0.4 is 5.73 Å². The van der Waals surface area contributed by atoms with Crippen LogP contribution in [0.1, 0.15) is 23.9 Å². The molecule has 0 aliphatic carbocycles. The van der Waals surface area contributed by atoms with E-state index in [4.69, 9.17) is 22.7 Å². The zero-order valence-electron chi connectivity index (χ0n) is 10.0. The second-order valence-electron chi connectivity index (χ2n) is 3.94. The molecule has 1 aromatic carbocycles. The Kier molecular flexibility index (Phi) is 3.99. The molecule has 0 bridgehead atoms. The fourth-order valence-corrected chi connectivity index (χ4v) is 3.01. The number of aromatic nitrogens is 1. The summed E-state index contributed by atoms with van der Waals surface area (Å²) in [5, 5.41) is 9.10. The number of amidine groups is 1. The second kappa shape index (κ2) is 5.50. The van der Waals surface area contributed by atoms with Gasteiger partial charge in [-0.15, -0.1) is 11.3 Å². The third-order valence-electron chi connectivity index (χ3n) is 2.53. The van der Waals surface area contributed by atoms with Gasteiger partial charge in [0.15, 0.2) is 0 Å². The zero-order valence-corrected chi connectivity index (χ0v) is 11.6. The molecule has 0 radical (unpaired) electrons. The van der Waals surface area contributed by atoms with E-state index in [1.165, 1.54) is 11.3 Å². The minimum absolute atomic E-state index is 0.0780. The lowest BCUT2D eigenvalue weighted by Crippen LogP contribution is -2.11. The first-order chi connectivity index (χ1) is 8.63. The van der Waals surface area contributed by atoms with E-state index in [0.29, 0.717) is 5.02 Å². The number of aryl methyl sites for hydroxylation is 1. The minimum atomic E-state index is 0.0780. The van der Waals surface area contributed by atoms with Crippen LogP contribution in [0.3, 0.4) is 0 Å². The van der Waals surface area contributed by atoms with Gasteiger partial charge in [-0.25, -0.2) is 4.98 Å². The molecule has 0 saturated carbocycles. The summed E-state index contributed by atoms with van der Waals surface area (Å²) in [4.78, 5) is 5.32. The maximum atomic E-state index is 7.60. The molecular weight excluding hydrogens is 266 g/mol. The van der Waals surface area contributed by atoms with E-state index in [0.717, 1.165) is 34.0 Å². The third-order valence-corrected chi connectivity index (χ3v) is 4.03. The van der Waals surface area contributed by atoms with E-state index < -0.39 is 0 Å². The summed E-state index contributed by atoms with van der Waals surface area (Å²) in [5.41, 5.74) is 7.39. The Balaban J connectivity index is 2.50. The smallest absolute Gasteiger partial charge is 0.135 e. The van der Waals surface area contributed by atoms with E-state index >= 15 is 0 Å². The first kappa shape index (κ1) is 13.1. The largest absolute Gasteiger partial charge is 0.383 e. The topological polar surface area (TPSA) is 62.8 Å². The van der Waals surface area contributed by atoms with Crippen molar-refractivity contribution >= 4 is 28.8 Å². The van der Waals surface area contributed by atoms with E-state index in [-0.39, 0.29) is 5.84 Å². The van der Waals surface area contributed by atoms with Gasteiger partial charge in [-0.05, 0) is 12.5 Å². The van der Waals surface area contributed by atoms with Gasteiger partial charge in [-0.2, -0.15) is 0 Å². The molecule has 0 atom stereocenters. The molecule has 2 aromatic rings. The number of halogens is 1. The average molecular weight is 280 g/mol. The fraction of sp³-hybridized carbons (Fsp3) is 0.231. The lowest BCUT2D eigenvalue weighted by Gasteiger charge is -1.98. The van der Waals surface area contributed by atoms with Crippen LogP contribution in [-0.4, -0.2) is 10.8 Å². The minimum Gasteiger partial charge on any atom is -0.383 e. The maximum absolute atomic E-state index is 7.60. The van der Waals surface area contributed by atoms with Gasteiger partial charge in [-0.3, -0.25) is 5.41 Å². The van der Waals surface area contributed by atoms with E-state index in [2.05, 4.69) is 11.9 Å². The lowest BCUT2D eigenvalue weighted by molar-refractivity contribution is 0.891. The molecule has 0 unspecified atom stereocenters. The number of nitrogens with two attached hydrogens (primary N) is 1. The van der Waals surface area contributed by atoms with Crippen molar-refractivity contribution in [3.63, 3.8) is 0 Å².